The van der Waals surface area contributed by atoms with Crippen molar-refractivity contribution in [3.05, 3.63) is 51.2 Å². The van der Waals surface area contributed by atoms with Gasteiger partial charge in [-0.1, -0.05) is 26.0 Å². The number of aromatic nitrogens is 1. The molecule has 1 aromatic heterocycles. The highest BCUT2D eigenvalue weighted by Gasteiger charge is 2.31. The molecule has 0 saturated heterocycles. The molecular weight excluding hydrogens is 456 g/mol. The first-order chi connectivity index (χ1) is 11.0. The van der Waals surface area contributed by atoms with E-state index in [1.807, 2.05) is 13.8 Å². The van der Waals surface area contributed by atoms with Crippen molar-refractivity contribution in [2.24, 2.45) is 0 Å². The van der Waals surface area contributed by atoms with Crippen LogP contribution in [-0.2, 0) is 16.2 Å². The molecule has 0 saturated carbocycles. The summed E-state index contributed by atoms with van der Waals surface area (Å²) in [6.45, 7) is 3.96. The van der Waals surface area contributed by atoms with Crippen LogP contribution in [0.3, 0.4) is 0 Å². The van der Waals surface area contributed by atoms with E-state index in [-0.39, 0.29) is 20.2 Å². The van der Waals surface area contributed by atoms with Crippen molar-refractivity contribution >= 4 is 38.4 Å². The van der Waals surface area contributed by atoms with Crippen LogP contribution in [0.25, 0.3) is 0 Å². The van der Waals surface area contributed by atoms with Crippen LogP contribution in [0.2, 0.25) is 0 Å². The predicted molar refractivity (Wildman–Crippen MR) is 93.3 cm³/mol. The maximum atomic E-state index is 12.6. The van der Waals surface area contributed by atoms with E-state index in [1.165, 1.54) is 12.1 Å². The number of pyridine rings is 1. The SMILES string of the molecule is CC(C)c1ccc(S(=O)(=O)Nc2ncc(C(F)(F)F)cc2I)cc1. The molecule has 24 heavy (non-hydrogen) atoms. The monoisotopic (exact) mass is 470 g/mol. The van der Waals surface area contributed by atoms with Gasteiger partial charge in [-0.15, -0.1) is 0 Å². The van der Waals surface area contributed by atoms with Crippen molar-refractivity contribution in [3.63, 3.8) is 0 Å². The Morgan fingerprint density at radius 1 is 1.17 bits per heavy atom. The van der Waals surface area contributed by atoms with Crippen LogP contribution in [0.4, 0.5) is 19.0 Å². The van der Waals surface area contributed by atoms with E-state index in [4.69, 9.17) is 0 Å². The topological polar surface area (TPSA) is 59.1 Å². The maximum absolute atomic E-state index is 12.6. The molecule has 0 atom stereocenters. The summed E-state index contributed by atoms with van der Waals surface area (Å²) >= 11 is 1.61. The molecule has 0 radical (unpaired) electrons. The highest BCUT2D eigenvalue weighted by Crippen LogP contribution is 2.31. The minimum atomic E-state index is -4.53. The number of anilines is 1. The van der Waals surface area contributed by atoms with Crippen molar-refractivity contribution in [1.29, 1.82) is 0 Å². The van der Waals surface area contributed by atoms with Crippen LogP contribution in [0.15, 0.2) is 41.4 Å². The second-order valence-electron chi connectivity index (χ2n) is 5.38. The third kappa shape index (κ3) is 4.38. The van der Waals surface area contributed by atoms with Crippen molar-refractivity contribution in [3.8, 4) is 0 Å². The van der Waals surface area contributed by atoms with E-state index >= 15 is 0 Å². The number of sulfonamides is 1. The first-order valence-corrected chi connectivity index (χ1v) is 9.42. The fraction of sp³-hybridized carbons (Fsp3) is 0.267. The average molecular weight is 470 g/mol. The van der Waals surface area contributed by atoms with E-state index in [0.717, 1.165) is 11.6 Å². The first kappa shape index (κ1) is 19.0. The second kappa shape index (κ2) is 6.87. The molecule has 9 heteroatoms. The standard InChI is InChI=1S/C15H14F3IN2O2S/c1-9(2)10-3-5-12(6-4-10)24(22,23)21-14-13(19)7-11(8-20-14)15(16,17)18/h3-9H,1-2H3,(H,20,21). The van der Waals surface area contributed by atoms with Gasteiger partial charge in [-0.3, -0.25) is 4.72 Å². The van der Waals surface area contributed by atoms with E-state index in [1.54, 1.807) is 34.7 Å². The molecular formula is C15H14F3IN2O2S. The Labute approximate surface area is 151 Å². The molecule has 0 aliphatic carbocycles. The van der Waals surface area contributed by atoms with E-state index in [9.17, 15) is 21.6 Å². The third-order valence-electron chi connectivity index (χ3n) is 3.26. The number of hydrogen-bond acceptors (Lipinski definition) is 3. The molecule has 2 aromatic rings. The summed E-state index contributed by atoms with van der Waals surface area (Å²) < 4.78 is 64.8. The number of alkyl halides is 3. The lowest BCUT2D eigenvalue weighted by Gasteiger charge is -2.12. The molecule has 0 fully saturated rings. The molecule has 0 amide bonds. The lowest BCUT2D eigenvalue weighted by atomic mass is 10.0. The second-order valence-corrected chi connectivity index (χ2v) is 8.23. The fourth-order valence-corrected chi connectivity index (χ4v) is 3.71. The van der Waals surface area contributed by atoms with Crippen molar-refractivity contribution in [1.82, 2.24) is 4.98 Å². The molecule has 1 aromatic carbocycles. The summed E-state index contributed by atoms with van der Waals surface area (Å²) in [6, 6.07) is 7.14. The van der Waals surface area contributed by atoms with Gasteiger partial charge in [-0.25, -0.2) is 13.4 Å². The van der Waals surface area contributed by atoms with Gasteiger partial charge < -0.3 is 0 Å². The van der Waals surface area contributed by atoms with Gasteiger partial charge in [0.2, 0.25) is 0 Å². The minimum Gasteiger partial charge on any atom is -0.262 e. The number of nitrogens with one attached hydrogen (secondary N) is 1. The quantitative estimate of drug-likeness (QED) is 0.664. The number of nitrogens with zero attached hydrogens (tertiary/aromatic N) is 1. The summed E-state index contributed by atoms with van der Waals surface area (Å²) in [5, 5.41) is 0. The van der Waals surface area contributed by atoms with Gasteiger partial charge in [-0.05, 0) is 52.3 Å². The fourth-order valence-electron chi connectivity index (χ4n) is 1.89. The Kier molecular flexibility index (Phi) is 5.43. The van der Waals surface area contributed by atoms with E-state index in [0.29, 0.717) is 6.20 Å². The highest BCUT2D eigenvalue weighted by molar-refractivity contribution is 14.1. The lowest BCUT2D eigenvalue weighted by molar-refractivity contribution is -0.137. The maximum Gasteiger partial charge on any atom is 0.417 e. The van der Waals surface area contributed by atoms with Crippen LogP contribution in [0.1, 0.15) is 30.9 Å². The zero-order valence-corrected chi connectivity index (χ0v) is 15.7. The Morgan fingerprint density at radius 3 is 2.21 bits per heavy atom. The van der Waals surface area contributed by atoms with Gasteiger partial charge in [0, 0.05) is 6.20 Å². The van der Waals surface area contributed by atoms with Crippen molar-refractivity contribution in [2.45, 2.75) is 30.8 Å². The smallest absolute Gasteiger partial charge is 0.262 e. The van der Waals surface area contributed by atoms with Crippen molar-refractivity contribution in [2.75, 3.05) is 4.72 Å². The Morgan fingerprint density at radius 2 is 1.75 bits per heavy atom. The Hall–Kier alpha value is -1.36. The van der Waals surface area contributed by atoms with Gasteiger partial charge in [0.05, 0.1) is 14.0 Å². The number of rotatable bonds is 4. The molecule has 1 N–H and O–H groups in total. The summed E-state index contributed by atoms with van der Waals surface area (Å²) in [5.41, 5.74) is 0.0484. The average Bonchev–Trinajstić information content (AvgIpc) is 2.48. The highest BCUT2D eigenvalue weighted by atomic mass is 127. The minimum absolute atomic E-state index is 0.0180. The van der Waals surface area contributed by atoms with Crippen LogP contribution < -0.4 is 4.72 Å². The van der Waals surface area contributed by atoms with Gasteiger partial charge in [0.25, 0.3) is 10.0 Å². The zero-order chi connectivity index (χ0) is 18.1. The van der Waals surface area contributed by atoms with Gasteiger partial charge in [0.1, 0.15) is 0 Å². The van der Waals surface area contributed by atoms with Gasteiger partial charge in [-0.2, -0.15) is 13.2 Å². The van der Waals surface area contributed by atoms with Crippen LogP contribution in [0.5, 0.6) is 0 Å². The normalized spacial score (nSPS) is 12.5. The molecule has 4 nitrogen and oxygen atoms in total. The molecule has 0 unspecified atom stereocenters. The number of benzene rings is 1. The van der Waals surface area contributed by atoms with Crippen molar-refractivity contribution < 1.29 is 21.6 Å². The molecule has 0 aliphatic rings. The van der Waals surface area contributed by atoms with Crippen LogP contribution in [-0.4, -0.2) is 13.4 Å². The molecule has 1 heterocycles. The van der Waals surface area contributed by atoms with Gasteiger partial charge >= 0.3 is 6.18 Å². The molecule has 0 spiro atoms. The number of hydrogen-bond donors (Lipinski definition) is 1. The lowest BCUT2D eigenvalue weighted by Crippen LogP contribution is -2.16. The van der Waals surface area contributed by atoms with Crippen LogP contribution in [0, 0.1) is 3.57 Å². The molecule has 2 rings (SSSR count). The van der Waals surface area contributed by atoms with Crippen LogP contribution >= 0.6 is 22.6 Å². The predicted octanol–water partition coefficient (Wildman–Crippen LogP) is 4.63. The third-order valence-corrected chi connectivity index (χ3v) is 5.43. The summed E-state index contributed by atoms with van der Waals surface area (Å²) in [5.74, 6) is 0.115. The Balaban J connectivity index is 2.29. The summed E-state index contributed by atoms with van der Waals surface area (Å²) in [7, 11) is -3.93. The molecule has 130 valence electrons. The summed E-state index contributed by atoms with van der Waals surface area (Å²) in [6.07, 6.45) is -3.93. The molecule has 0 aliphatic heterocycles. The van der Waals surface area contributed by atoms with E-state index < -0.39 is 21.8 Å². The Bertz CT molecular complexity index is 835. The summed E-state index contributed by atoms with van der Waals surface area (Å²) in [4.78, 5) is 3.60. The molecule has 0 bridgehead atoms. The number of halogens is 4. The van der Waals surface area contributed by atoms with Gasteiger partial charge in [0.15, 0.2) is 5.82 Å². The zero-order valence-electron chi connectivity index (χ0n) is 12.7. The van der Waals surface area contributed by atoms with E-state index in [2.05, 4.69) is 9.71 Å². The first-order valence-electron chi connectivity index (χ1n) is 6.86. The largest absolute Gasteiger partial charge is 0.417 e.